The predicted molar refractivity (Wildman–Crippen MR) is 80.6 cm³/mol. The van der Waals surface area contributed by atoms with Gasteiger partial charge in [-0.25, -0.2) is 9.97 Å². The van der Waals surface area contributed by atoms with Gasteiger partial charge in [0, 0.05) is 31.4 Å². The summed E-state index contributed by atoms with van der Waals surface area (Å²) < 4.78 is 0. The van der Waals surface area contributed by atoms with E-state index in [1.54, 1.807) is 6.20 Å². The fourth-order valence-electron chi connectivity index (χ4n) is 3.67. The number of hydrogen-bond acceptors (Lipinski definition) is 6. The smallest absolute Gasteiger partial charge is 0.126 e. The highest BCUT2D eigenvalue weighted by Crippen LogP contribution is 2.40. The van der Waals surface area contributed by atoms with Crippen molar-refractivity contribution >= 4 is 0 Å². The van der Waals surface area contributed by atoms with Gasteiger partial charge in [0.05, 0.1) is 18.0 Å². The summed E-state index contributed by atoms with van der Waals surface area (Å²) in [7, 11) is 0. The second-order valence-electron chi connectivity index (χ2n) is 5.94. The Hall–Kier alpha value is -1.83. The number of piperidine rings is 1. The topological polar surface area (TPSA) is 90.0 Å². The number of H-pyrrole nitrogens is 1. The number of fused-ring (bicyclic) bond motifs is 1. The van der Waals surface area contributed by atoms with Gasteiger partial charge in [0.1, 0.15) is 17.7 Å². The van der Waals surface area contributed by atoms with Crippen LogP contribution in [0.2, 0.25) is 0 Å². The summed E-state index contributed by atoms with van der Waals surface area (Å²) in [5.41, 5.74) is 3.11. The molecule has 0 aromatic carbocycles. The molecule has 1 fully saturated rings. The van der Waals surface area contributed by atoms with Gasteiger partial charge >= 0.3 is 0 Å². The lowest BCUT2D eigenvalue weighted by atomic mass is 9.95. The van der Waals surface area contributed by atoms with Crippen molar-refractivity contribution in [3.05, 3.63) is 29.8 Å². The van der Waals surface area contributed by atoms with E-state index in [1.807, 2.05) is 6.07 Å². The first-order chi connectivity index (χ1) is 10.8. The average molecular weight is 300 g/mol. The summed E-state index contributed by atoms with van der Waals surface area (Å²) in [6, 6.07) is 1.85. The molecular formula is C15H20N6O. The monoisotopic (exact) mass is 300 g/mol. The molecule has 2 aliphatic rings. The van der Waals surface area contributed by atoms with Crippen molar-refractivity contribution in [2.24, 2.45) is 0 Å². The van der Waals surface area contributed by atoms with Crippen LogP contribution in [0.15, 0.2) is 18.6 Å². The number of nitrogens with zero attached hydrogens (tertiary/aromatic N) is 4. The van der Waals surface area contributed by atoms with Crippen molar-refractivity contribution in [3.8, 4) is 11.4 Å². The lowest BCUT2D eigenvalue weighted by Gasteiger charge is -2.42. The van der Waals surface area contributed by atoms with Crippen LogP contribution in [0.3, 0.4) is 0 Å². The molecule has 1 unspecified atom stereocenters. The minimum Gasteiger partial charge on any atom is -0.393 e. The molecule has 0 amide bonds. The van der Waals surface area contributed by atoms with Crippen molar-refractivity contribution in [1.29, 1.82) is 0 Å². The molecule has 0 saturated carbocycles. The molecule has 0 aliphatic carbocycles. The second kappa shape index (κ2) is 5.42. The van der Waals surface area contributed by atoms with E-state index >= 15 is 0 Å². The van der Waals surface area contributed by atoms with Gasteiger partial charge in [0.15, 0.2) is 0 Å². The summed E-state index contributed by atoms with van der Waals surface area (Å²) in [5, 5.41) is 21.3. The molecule has 0 radical (unpaired) electrons. The van der Waals surface area contributed by atoms with Gasteiger partial charge in [0.2, 0.25) is 0 Å². The predicted octanol–water partition coefficient (Wildman–Crippen LogP) is 0.601. The van der Waals surface area contributed by atoms with E-state index in [2.05, 4.69) is 30.4 Å². The molecule has 116 valence electrons. The highest BCUT2D eigenvalue weighted by molar-refractivity contribution is 5.62. The van der Waals surface area contributed by atoms with Gasteiger partial charge in [-0.15, -0.1) is 0 Å². The highest BCUT2D eigenvalue weighted by Gasteiger charge is 2.47. The van der Waals surface area contributed by atoms with E-state index in [0.29, 0.717) is 6.54 Å². The van der Waals surface area contributed by atoms with Crippen LogP contribution in [0.1, 0.15) is 30.5 Å². The van der Waals surface area contributed by atoms with E-state index < -0.39 is 5.66 Å². The number of likely N-dealkylation sites (tertiary alicyclic amines) is 1. The number of hydrogen-bond donors (Lipinski definition) is 3. The highest BCUT2D eigenvalue weighted by atomic mass is 16.3. The fraction of sp³-hybridized carbons (Fsp3) is 0.533. The molecule has 3 N–H and O–H groups in total. The Morgan fingerprint density at radius 2 is 2.14 bits per heavy atom. The van der Waals surface area contributed by atoms with Crippen LogP contribution in [0, 0.1) is 0 Å². The number of aromatic amines is 1. The summed E-state index contributed by atoms with van der Waals surface area (Å²) in [6.07, 6.45) is 6.83. The third-order valence-electron chi connectivity index (χ3n) is 4.76. The lowest BCUT2D eigenvalue weighted by molar-refractivity contribution is -0.00636. The SMILES string of the molecule is OCC1(N2CCCCC2)NCc2[nH]nc(-c3ccncn3)c21. The number of nitrogens with one attached hydrogen (secondary N) is 2. The molecule has 2 aromatic heterocycles. The van der Waals surface area contributed by atoms with Crippen LogP contribution in [0.4, 0.5) is 0 Å². The molecule has 2 aromatic rings. The van der Waals surface area contributed by atoms with Crippen molar-refractivity contribution in [2.75, 3.05) is 19.7 Å². The Bertz CT molecular complexity index is 651. The number of aromatic nitrogens is 4. The van der Waals surface area contributed by atoms with Gasteiger partial charge in [-0.05, 0) is 18.9 Å². The van der Waals surface area contributed by atoms with Gasteiger partial charge < -0.3 is 5.11 Å². The van der Waals surface area contributed by atoms with Crippen molar-refractivity contribution in [2.45, 2.75) is 31.5 Å². The fourth-order valence-corrected chi connectivity index (χ4v) is 3.67. The molecule has 2 aliphatic heterocycles. The van der Waals surface area contributed by atoms with E-state index in [4.69, 9.17) is 0 Å². The first-order valence-electron chi connectivity index (χ1n) is 7.80. The van der Waals surface area contributed by atoms with Crippen LogP contribution in [0.25, 0.3) is 11.4 Å². The molecule has 22 heavy (non-hydrogen) atoms. The van der Waals surface area contributed by atoms with E-state index in [1.165, 1.54) is 25.6 Å². The number of aliphatic hydroxyl groups excluding tert-OH is 1. The van der Waals surface area contributed by atoms with Crippen LogP contribution in [-0.2, 0) is 12.2 Å². The number of rotatable bonds is 3. The molecule has 0 bridgehead atoms. The van der Waals surface area contributed by atoms with E-state index in [9.17, 15) is 5.11 Å². The molecule has 7 heteroatoms. The Labute approximate surface area is 128 Å². The van der Waals surface area contributed by atoms with Crippen LogP contribution < -0.4 is 5.32 Å². The first-order valence-corrected chi connectivity index (χ1v) is 7.80. The van der Waals surface area contributed by atoms with Crippen molar-refractivity contribution in [3.63, 3.8) is 0 Å². The number of aliphatic hydroxyl groups is 1. The molecule has 4 heterocycles. The van der Waals surface area contributed by atoms with Crippen LogP contribution in [0.5, 0.6) is 0 Å². The lowest BCUT2D eigenvalue weighted by Crippen LogP contribution is -2.57. The maximum absolute atomic E-state index is 10.2. The molecule has 1 atom stereocenters. The molecule has 1 saturated heterocycles. The second-order valence-corrected chi connectivity index (χ2v) is 5.94. The summed E-state index contributed by atoms with van der Waals surface area (Å²) in [4.78, 5) is 10.6. The quantitative estimate of drug-likeness (QED) is 0.769. The summed E-state index contributed by atoms with van der Waals surface area (Å²) in [6.45, 7) is 2.69. The average Bonchev–Trinajstić information content (AvgIpc) is 3.17. The third kappa shape index (κ3) is 1.97. The summed E-state index contributed by atoms with van der Waals surface area (Å²) in [5.74, 6) is 0. The van der Waals surface area contributed by atoms with Gasteiger partial charge in [-0.3, -0.25) is 15.3 Å². The maximum atomic E-state index is 10.2. The third-order valence-corrected chi connectivity index (χ3v) is 4.76. The van der Waals surface area contributed by atoms with Crippen molar-refractivity contribution in [1.82, 2.24) is 30.4 Å². The van der Waals surface area contributed by atoms with E-state index in [0.717, 1.165) is 35.7 Å². The van der Waals surface area contributed by atoms with Gasteiger partial charge in [0.25, 0.3) is 0 Å². The van der Waals surface area contributed by atoms with Crippen molar-refractivity contribution < 1.29 is 5.11 Å². The largest absolute Gasteiger partial charge is 0.393 e. The Kier molecular flexibility index (Phi) is 3.40. The Balaban J connectivity index is 1.81. The Morgan fingerprint density at radius 1 is 1.27 bits per heavy atom. The molecular weight excluding hydrogens is 280 g/mol. The first kappa shape index (κ1) is 13.8. The molecule has 4 rings (SSSR count). The normalized spacial score (nSPS) is 25.3. The maximum Gasteiger partial charge on any atom is 0.126 e. The van der Waals surface area contributed by atoms with Gasteiger partial charge in [-0.1, -0.05) is 6.42 Å². The molecule has 0 spiro atoms. The zero-order valence-corrected chi connectivity index (χ0v) is 12.4. The van der Waals surface area contributed by atoms with Gasteiger partial charge in [-0.2, -0.15) is 5.10 Å². The molecule has 7 nitrogen and oxygen atoms in total. The minimum atomic E-state index is -0.553. The minimum absolute atomic E-state index is 0.0254. The van der Waals surface area contributed by atoms with Crippen LogP contribution in [-0.4, -0.2) is 49.9 Å². The Morgan fingerprint density at radius 3 is 2.86 bits per heavy atom. The zero-order valence-electron chi connectivity index (χ0n) is 12.4. The standard InChI is InChI=1S/C15H20N6O/c22-9-15(21-6-2-1-3-7-21)13-12(8-18-15)19-20-14(13)11-4-5-16-10-17-11/h4-5,10,18,22H,1-3,6-9H2,(H,19,20). The summed E-state index contributed by atoms with van der Waals surface area (Å²) >= 11 is 0. The zero-order chi connectivity index (χ0) is 15.0. The van der Waals surface area contributed by atoms with Crippen LogP contribution >= 0.6 is 0 Å². The van der Waals surface area contributed by atoms with E-state index in [-0.39, 0.29) is 6.61 Å².